The van der Waals surface area contributed by atoms with E-state index in [0.29, 0.717) is 42.1 Å². The molecule has 9 heteroatoms. The van der Waals surface area contributed by atoms with Crippen molar-refractivity contribution in [2.24, 2.45) is 0 Å². The summed E-state index contributed by atoms with van der Waals surface area (Å²) in [6.07, 6.45) is 0.516. The van der Waals surface area contributed by atoms with Gasteiger partial charge in [0.25, 0.3) is 5.22 Å². The number of benzene rings is 2. The molecule has 2 aromatic heterocycles. The first-order chi connectivity index (χ1) is 17.0. The molecule has 0 fully saturated rings. The number of ketones is 1. The third kappa shape index (κ3) is 4.90. The van der Waals surface area contributed by atoms with Crippen molar-refractivity contribution in [1.82, 2.24) is 14.8 Å². The Labute approximate surface area is 207 Å². The summed E-state index contributed by atoms with van der Waals surface area (Å²) >= 11 is 1.24. The van der Waals surface area contributed by atoms with Crippen LogP contribution in [0.25, 0.3) is 5.69 Å². The van der Waals surface area contributed by atoms with Crippen molar-refractivity contribution in [1.29, 1.82) is 0 Å². The largest absolute Gasteiger partial charge is 0.497 e. The first-order valence-electron chi connectivity index (χ1n) is 11.2. The number of hydrogen-bond acceptors (Lipinski definition) is 8. The van der Waals surface area contributed by atoms with E-state index < -0.39 is 0 Å². The molecule has 180 valence electrons. The van der Waals surface area contributed by atoms with Gasteiger partial charge >= 0.3 is 0 Å². The van der Waals surface area contributed by atoms with Crippen LogP contribution < -0.4 is 14.2 Å². The number of aromatic nitrogens is 3. The maximum absolute atomic E-state index is 13.0. The van der Waals surface area contributed by atoms with Crippen LogP contribution in [-0.4, -0.2) is 46.6 Å². The van der Waals surface area contributed by atoms with Crippen molar-refractivity contribution in [3.05, 3.63) is 76.9 Å². The van der Waals surface area contributed by atoms with Crippen LogP contribution in [0.1, 0.15) is 33.2 Å². The minimum Gasteiger partial charge on any atom is -0.497 e. The van der Waals surface area contributed by atoms with E-state index in [1.165, 1.54) is 11.8 Å². The predicted octanol–water partition coefficient (Wildman–Crippen LogP) is 4.82. The lowest BCUT2D eigenvalue weighted by atomic mass is 10.1. The standard InChI is InChI=1S/C26H25N3O5S/c1-16-12-21(17(2)29(16)19-6-9-23-24(14-19)33-11-10-32-23)22(30)15-35-26-28-27-25(34-26)13-18-4-7-20(31-3)8-5-18/h4-9,12,14H,10-11,13,15H2,1-3H3. The number of methoxy groups -OCH3 is 1. The highest BCUT2D eigenvalue weighted by atomic mass is 32.2. The molecule has 0 radical (unpaired) electrons. The molecule has 1 aliphatic rings. The van der Waals surface area contributed by atoms with Crippen molar-refractivity contribution < 1.29 is 23.4 Å². The van der Waals surface area contributed by atoms with E-state index in [2.05, 4.69) is 14.8 Å². The zero-order valence-electron chi connectivity index (χ0n) is 19.7. The molecule has 3 heterocycles. The Morgan fingerprint density at radius 1 is 1.03 bits per heavy atom. The molecule has 1 aliphatic heterocycles. The van der Waals surface area contributed by atoms with Gasteiger partial charge in [0.05, 0.1) is 19.3 Å². The minimum atomic E-state index is 0.00166. The van der Waals surface area contributed by atoms with Crippen LogP contribution in [-0.2, 0) is 6.42 Å². The van der Waals surface area contributed by atoms with Crippen molar-refractivity contribution >= 4 is 17.5 Å². The van der Waals surface area contributed by atoms with Gasteiger partial charge in [-0.15, -0.1) is 10.2 Å². The Hall–Kier alpha value is -3.72. The van der Waals surface area contributed by atoms with E-state index in [1.807, 2.05) is 62.4 Å². The van der Waals surface area contributed by atoms with E-state index in [-0.39, 0.29) is 11.5 Å². The lowest BCUT2D eigenvalue weighted by Crippen LogP contribution is -2.15. The third-order valence-corrected chi connectivity index (χ3v) is 6.62. The summed E-state index contributed by atoms with van der Waals surface area (Å²) in [7, 11) is 1.63. The van der Waals surface area contributed by atoms with Gasteiger partial charge in [-0.2, -0.15) is 0 Å². The number of Topliss-reactive ketones (excluding diaryl/α,β-unsaturated/α-hetero) is 1. The van der Waals surface area contributed by atoms with E-state index >= 15 is 0 Å². The van der Waals surface area contributed by atoms with Crippen LogP contribution in [0.15, 0.2) is 58.2 Å². The number of ether oxygens (including phenoxy) is 3. The van der Waals surface area contributed by atoms with Gasteiger partial charge in [-0.05, 0) is 49.7 Å². The Kier molecular flexibility index (Phi) is 6.50. The van der Waals surface area contributed by atoms with Crippen molar-refractivity contribution in [3.8, 4) is 22.9 Å². The normalized spacial score (nSPS) is 12.5. The number of hydrogen-bond donors (Lipinski definition) is 0. The molecule has 2 aromatic carbocycles. The number of thioether (sulfide) groups is 1. The maximum atomic E-state index is 13.0. The molecule has 0 spiro atoms. The Bertz CT molecular complexity index is 1360. The van der Waals surface area contributed by atoms with Crippen molar-refractivity contribution in [2.45, 2.75) is 25.5 Å². The molecule has 0 bridgehead atoms. The van der Waals surface area contributed by atoms with Crippen LogP contribution in [0.3, 0.4) is 0 Å². The van der Waals surface area contributed by atoms with Gasteiger partial charge in [0.2, 0.25) is 5.89 Å². The van der Waals surface area contributed by atoms with Gasteiger partial charge < -0.3 is 23.2 Å². The zero-order valence-corrected chi connectivity index (χ0v) is 20.6. The quantitative estimate of drug-likeness (QED) is 0.256. The fourth-order valence-corrected chi connectivity index (χ4v) is 4.77. The smallest absolute Gasteiger partial charge is 0.277 e. The average molecular weight is 492 g/mol. The summed E-state index contributed by atoms with van der Waals surface area (Å²) in [5.74, 6) is 2.95. The zero-order chi connectivity index (χ0) is 24.4. The summed E-state index contributed by atoms with van der Waals surface area (Å²) in [5.41, 5.74) is 4.47. The maximum Gasteiger partial charge on any atom is 0.277 e. The number of nitrogens with zero attached hydrogens (tertiary/aromatic N) is 3. The van der Waals surface area contributed by atoms with Crippen LogP contribution >= 0.6 is 11.8 Å². The van der Waals surface area contributed by atoms with Gasteiger partial charge in [-0.3, -0.25) is 4.79 Å². The summed E-state index contributed by atoms with van der Waals surface area (Å²) in [4.78, 5) is 13.0. The molecular weight excluding hydrogens is 466 g/mol. The number of carbonyl (C=O) groups excluding carboxylic acids is 1. The second-order valence-electron chi connectivity index (χ2n) is 8.15. The van der Waals surface area contributed by atoms with Gasteiger partial charge in [0.15, 0.2) is 17.3 Å². The van der Waals surface area contributed by atoms with Crippen molar-refractivity contribution in [2.75, 3.05) is 26.1 Å². The Balaban J connectivity index is 1.25. The molecule has 8 nitrogen and oxygen atoms in total. The monoisotopic (exact) mass is 491 g/mol. The van der Waals surface area contributed by atoms with E-state index in [0.717, 1.165) is 34.1 Å². The highest BCUT2D eigenvalue weighted by molar-refractivity contribution is 7.99. The topological polar surface area (TPSA) is 88.6 Å². The molecule has 4 aromatic rings. The van der Waals surface area contributed by atoms with Crippen molar-refractivity contribution in [3.63, 3.8) is 0 Å². The average Bonchev–Trinajstić information content (AvgIpc) is 3.45. The molecule has 0 atom stereocenters. The van der Waals surface area contributed by atoms with Crippen LogP contribution in [0.5, 0.6) is 17.2 Å². The predicted molar refractivity (Wildman–Crippen MR) is 131 cm³/mol. The molecule has 0 aliphatic carbocycles. The summed E-state index contributed by atoms with van der Waals surface area (Å²) in [6, 6.07) is 15.4. The lowest BCUT2D eigenvalue weighted by Gasteiger charge is -2.20. The summed E-state index contributed by atoms with van der Waals surface area (Å²) in [5, 5.41) is 8.57. The van der Waals surface area contributed by atoms with Gasteiger partial charge in [-0.25, -0.2) is 0 Å². The molecule has 35 heavy (non-hydrogen) atoms. The molecular formula is C26H25N3O5S. The minimum absolute atomic E-state index is 0.00166. The highest BCUT2D eigenvalue weighted by Crippen LogP contribution is 2.33. The fraction of sp³-hybridized carbons (Fsp3) is 0.269. The second kappa shape index (κ2) is 9.87. The highest BCUT2D eigenvalue weighted by Gasteiger charge is 2.20. The lowest BCUT2D eigenvalue weighted by molar-refractivity contribution is 0.102. The van der Waals surface area contributed by atoms with Crippen LogP contribution in [0.4, 0.5) is 0 Å². The Morgan fingerprint density at radius 3 is 2.57 bits per heavy atom. The van der Waals surface area contributed by atoms with Gasteiger partial charge in [0.1, 0.15) is 19.0 Å². The third-order valence-electron chi connectivity index (χ3n) is 5.80. The van der Waals surface area contributed by atoms with Crippen LogP contribution in [0.2, 0.25) is 0 Å². The molecule has 0 saturated heterocycles. The molecule has 0 saturated carbocycles. The molecule has 0 amide bonds. The molecule has 0 N–H and O–H groups in total. The van der Waals surface area contributed by atoms with E-state index in [4.69, 9.17) is 18.6 Å². The van der Waals surface area contributed by atoms with Gasteiger partial charge in [-0.1, -0.05) is 23.9 Å². The van der Waals surface area contributed by atoms with Gasteiger partial charge in [0, 0.05) is 28.7 Å². The second-order valence-corrected chi connectivity index (χ2v) is 9.07. The number of carbonyl (C=O) groups is 1. The first-order valence-corrected chi connectivity index (χ1v) is 12.2. The first kappa shape index (κ1) is 23.0. The van der Waals surface area contributed by atoms with Crippen LogP contribution in [0, 0.1) is 13.8 Å². The number of rotatable bonds is 8. The fourth-order valence-electron chi connectivity index (χ4n) is 4.10. The Morgan fingerprint density at radius 2 is 1.80 bits per heavy atom. The van der Waals surface area contributed by atoms with E-state index in [9.17, 15) is 4.79 Å². The summed E-state index contributed by atoms with van der Waals surface area (Å²) < 4.78 is 24.3. The molecule has 0 unspecified atom stereocenters. The SMILES string of the molecule is COc1ccc(Cc2nnc(SCC(=O)c3cc(C)n(-c4ccc5c(c4)OCCO5)c3C)o2)cc1. The summed E-state index contributed by atoms with van der Waals surface area (Å²) in [6.45, 7) is 5.00. The molecule has 5 rings (SSSR count). The number of aryl methyl sites for hydroxylation is 1. The number of fused-ring (bicyclic) bond motifs is 1. The van der Waals surface area contributed by atoms with E-state index in [1.54, 1.807) is 7.11 Å².